The zero-order valence-corrected chi connectivity index (χ0v) is 36.4. The lowest BCUT2D eigenvalue weighted by atomic mass is 9.89. The number of aryl methyl sites for hydroxylation is 4. The van der Waals surface area contributed by atoms with Crippen molar-refractivity contribution in [3.8, 4) is 34.5 Å². The molecule has 4 aromatic heterocycles. The number of hydrogen-bond acceptors (Lipinski definition) is 14. The molecule has 6 heterocycles. The second-order valence-electron chi connectivity index (χ2n) is 15.5. The van der Waals surface area contributed by atoms with Gasteiger partial charge in [0.05, 0.1) is 82.3 Å². The van der Waals surface area contributed by atoms with Crippen LogP contribution in [-0.2, 0) is 53.1 Å². The van der Waals surface area contributed by atoms with E-state index in [9.17, 15) is 33.9 Å². The molecule has 22 heteroatoms. The van der Waals surface area contributed by atoms with Crippen molar-refractivity contribution in [3.05, 3.63) is 134 Å². The van der Waals surface area contributed by atoms with E-state index >= 15 is 0 Å². The Balaban J connectivity index is 1.11. The first-order valence-electron chi connectivity index (χ1n) is 20.4. The Hall–Kier alpha value is -8.04. The number of benzene rings is 3. The van der Waals surface area contributed by atoms with Crippen LogP contribution in [0.4, 0.5) is 0 Å². The molecule has 65 heavy (non-hydrogen) atoms. The minimum atomic E-state index is -1.19. The van der Waals surface area contributed by atoms with Gasteiger partial charge in [0.2, 0.25) is 0 Å². The molecule has 0 saturated heterocycles. The first-order valence-corrected chi connectivity index (χ1v) is 20.4. The van der Waals surface area contributed by atoms with Gasteiger partial charge in [0.25, 0.3) is 11.1 Å². The number of nitrogens with zero attached hydrogens (tertiary/aromatic N) is 10. The number of allylic oxidation sites excluding steroid dienone is 2. The van der Waals surface area contributed by atoms with Crippen LogP contribution in [0.25, 0.3) is 22.1 Å². The van der Waals surface area contributed by atoms with E-state index in [0.29, 0.717) is 50.6 Å². The second kappa shape index (κ2) is 15.9. The van der Waals surface area contributed by atoms with Gasteiger partial charge >= 0.3 is 22.8 Å². The van der Waals surface area contributed by atoms with Crippen LogP contribution >= 0.6 is 0 Å². The average Bonchev–Trinajstić information content (AvgIpc) is 3.70. The van der Waals surface area contributed by atoms with Crippen LogP contribution in [-0.4, -0.2) is 87.6 Å². The predicted octanol–water partition coefficient (Wildman–Crippen LogP) is 0.449. The molecule has 0 saturated carbocycles. The van der Waals surface area contributed by atoms with Crippen LogP contribution in [0.3, 0.4) is 0 Å². The Kier molecular flexibility index (Phi) is 10.4. The Morgan fingerprint density at radius 3 is 1.60 bits per heavy atom. The van der Waals surface area contributed by atoms with E-state index in [1.165, 1.54) is 69.5 Å². The summed E-state index contributed by atoms with van der Waals surface area (Å²) in [5, 5.41) is 11.4. The lowest BCUT2D eigenvalue weighted by Gasteiger charge is -2.38. The fraction of sp³-hybridized carbons (Fsp3) is 0.349. The summed E-state index contributed by atoms with van der Waals surface area (Å²) in [6.07, 6.45) is 1.49. The molecular weight excluding hydrogens is 849 g/mol. The molecule has 1 N–H and O–H groups in total. The minimum Gasteiger partial charge on any atom is -0.507 e. The minimum absolute atomic E-state index is 0.0802. The number of phenolic OH excluding ortho intramolecular Hbond substituents is 1. The van der Waals surface area contributed by atoms with Crippen molar-refractivity contribution in [2.24, 2.45) is 14.1 Å². The zero-order valence-electron chi connectivity index (χ0n) is 36.4. The molecule has 7 aromatic rings. The average molecular weight is 893 g/mol. The van der Waals surface area contributed by atoms with Gasteiger partial charge in [0.1, 0.15) is 28.9 Å². The normalized spacial score (nSPS) is 15.3. The molecule has 3 aromatic carbocycles. The Morgan fingerprint density at radius 2 is 1.09 bits per heavy atom. The van der Waals surface area contributed by atoms with Gasteiger partial charge in [-0.25, -0.2) is 57.0 Å². The highest BCUT2D eigenvalue weighted by Gasteiger charge is 2.43. The molecule has 0 spiro atoms. The third-order valence-corrected chi connectivity index (χ3v) is 12.3. The Bertz CT molecular complexity index is 3530. The number of aromatic nitrogens is 10. The molecule has 2 aliphatic heterocycles. The highest BCUT2D eigenvalue weighted by atomic mass is 16.5. The van der Waals surface area contributed by atoms with E-state index in [4.69, 9.17) is 23.7 Å². The maximum Gasteiger partial charge on any atom is 0.348 e. The first kappa shape index (κ1) is 42.3. The van der Waals surface area contributed by atoms with Crippen molar-refractivity contribution in [2.45, 2.75) is 51.1 Å². The van der Waals surface area contributed by atoms with Crippen molar-refractivity contribution in [1.82, 2.24) is 47.0 Å². The fourth-order valence-electron chi connectivity index (χ4n) is 9.06. The molecule has 0 aliphatic carbocycles. The number of phenols is 1. The Labute approximate surface area is 366 Å². The van der Waals surface area contributed by atoms with E-state index in [1.54, 1.807) is 56.6 Å². The van der Waals surface area contributed by atoms with Crippen molar-refractivity contribution >= 4 is 22.1 Å². The molecule has 2 atom stereocenters. The van der Waals surface area contributed by atoms with Gasteiger partial charge in [-0.15, -0.1) is 0 Å². The van der Waals surface area contributed by atoms with Crippen molar-refractivity contribution in [3.63, 3.8) is 0 Å². The van der Waals surface area contributed by atoms with Gasteiger partial charge in [-0.3, -0.25) is 9.59 Å². The molecule has 22 nitrogen and oxygen atoms in total. The second-order valence-corrected chi connectivity index (χ2v) is 15.5. The summed E-state index contributed by atoms with van der Waals surface area (Å²) in [6.45, 7) is -0.847. The smallest absolute Gasteiger partial charge is 0.348 e. The number of rotatable bonds is 12. The van der Waals surface area contributed by atoms with E-state index in [2.05, 4.69) is 9.97 Å². The summed E-state index contributed by atoms with van der Waals surface area (Å²) in [6, 6.07) is 8.88. The summed E-state index contributed by atoms with van der Waals surface area (Å²) in [4.78, 5) is 93.8. The quantitative estimate of drug-likeness (QED) is 0.164. The van der Waals surface area contributed by atoms with Crippen LogP contribution in [0.1, 0.15) is 29.0 Å². The standard InChI is InChI=1S/C43H44N10O12/c1-46-27-19-34(64-6)32(62-4)17-25(27)44-23(38(46)55)12-14-48-40(57)50-16-11-22-29(52(50)42(48)59)21-51-41(58)49(43(60)53(51)37(22)36-30(54)9-8-10-31(36)61-3)15-13-24-39(56)47(2)28-20-35(65-7)33(63-5)18-26(28)45-24/h8-11,17-20,29,37,54H,12-16,21H2,1-7H3. The number of methoxy groups -OCH3 is 5. The van der Waals surface area contributed by atoms with Crippen molar-refractivity contribution in [1.29, 1.82) is 0 Å². The van der Waals surface area contributed by atoms with E-state index in [-0.39, 0.29) is 67.5 Å². The topological polar surface area (TPSA) is 234 Å². The molecular formula is C43H44N10O12. The van der Waals surface area contributed by atoms with Crippen LogP contribution in [0.15, 0.2) is 82.9 Å². The number of aromatic hydroxyl groups is 1. The third kappa shape index (κ3) is 6.45. The summed E-state index contributed by atoms with van der Waals surface area (Å²) in [7, 11) is 10.5. The van der Waals surface area contributed by atoms with E-state index in [0.717, 1.165) is 9.13 Å². The molecule has 0 bridgehead atoms. The van der Waals surface area contributed by atoms with Gasteiger partial charge in [-0.1, -0.05) is 12.1 Å². The van der Waals surface area contributed by atoms with Crippen LogP contribution in [0.5, 0.6) is 34.5 Å². The van der Waals surface area contributed by atoms with Gasteiger partial charge in [-0.2, -0.15) is 0 Å². The van der Waals surface area contributed by atoms with Gasteiger partial charge in [0, 0.05) is 64.3 Å². The molecule has 0 fully saturated rings. The molecule has 0 radical (unpaired) electrons. The largest absolute Gasteiger partial charge is 0.507 e. The molecule has 9 rings (SSSR count). The van der Waals surface area contributed by atoms with Crippen LogP contribution < -0.4 is 57.6 Å². The molecule has 2 unspecified atom stereocenters. The zero-order chi connectivity index (χ0) is 46.2. The van der Waals surface area contributed by atoms with Crippen molar-refractivity contribution < 1.29 is 28.8 Å². The molecule has 0 amide bonds. The van der Waals surface area contributed by atoms with Gasteiger partial charge in [0.15, 0.2) is 23.0 Å². The number of hydrogen-bond donors (Lipinski definition) is 1. The lowest BCUT2D eigenvalue weighted by Crippen LogP contribution is -2.47. The third-order valence-electron chi connectivity index (χ3n) is 12.3. The maximum atomic E-state index is 14.6. The lowest BCUT2D eigenvalue weighted by molar-refractivity contribution is 0.241. The summed E-state index contributed by atoms with van der Waals surface area (Å²) < 4.78 is 37.0. The van der Waals surface area contributed by atoms with Gasteiger partial charge < -0.3 is 37.9 Å². The predicted molar refractivity (Wildman–Crippen MR) is 233 cm³/mol. The number of fused-ring (bicyclic) bond motifs is 6. The summed E-state index contributed by atoms with van der Waals surface area (Å²) in [5.41, 5.74) is -1.23. The first-order chi connectivity index (χ1) is 31.3. The summed E-state index contributed by atoms with van der Waals surface area (Å²) in [5.74, 6) is 1.55. The van der Waals surface area contributed by atoms with Crippen LogP contribution in [0, 0.1) is 0 Å². The number of ether oxygens (including phenoxy) is 5. The van der Waals surface area contributed by atoms with E-state index < -0.39 is 46.0 Å². The SMILES string of the molecule is COc1cc2nc(CCn3c(=O)n4n(c3=O)C3Cn5c(=O)n(CCc6nc7cc(OC)c(OC)cc7n(C)c6=O)c(=O)n5C(c5c(O)cccc5OC)C3=CC4)c(=O)n(C)c2cc1OC. The summed E-state index contributed by atoms with van der Waals surface area (Å²) >= 11 is 0. The monoisotopic (exact) mass is 892 g/mol. The Morgan fingerprint density at radius 1 is 0.615 bits per heavy atom. The van der Waals surface area contributed by atoms with Crippen LogP contribution in [0.2, 0.25) is 0 Å². The van der Waals surface area contributed by atoms with E-state index in [1.807, 2.05) is 0 Å². The van der Waals surface area contributed by atoms with Gasteiger partial charge in [-0.05, 0) is 17.7 Å². The van der Waals surface area contributed by atoms with Crippen molar-refractivity contribution in [2.75, 3.05) is 35.5 Å². The molecule has 2 aliphatic rings. The highest BCUT2D eigenvalue weighted by molar-refractivity contribution is 5.80. The fourth-order valence-corrected chi connectivity index (χ4v) is 9.06. The molecule has 338 valence electrons. The highest BCUT2D eigenvalue weighted by Crippen LogP contribution is 2.45. The maximum absolute atomic E-state index is 14.6.